The first kappa shape index (κ1) is 24.6. The zero-order valence-corrected chi connectivity index (χ0v) is 22.2. The summed E-state index contributed by atoms with van der Waals surface area (Å²) in [5, 5.41) is 0. The van der Waals surface area contributed by atoms with Crippen molar-refractivity contribution in [2.45, 2.75) is 52.1 Å². The van der Waals surface area contributed by atoms with Crippen LogP contribution in [-0.4, -0.2) is 79.6 Å². The molecule has 4 heterocycles. The Kier molecular flexibility index (Phi) is 7.65. The van der Waals surface area contributed by atoms with Gasteiger partial charge in [-0.3, -0.25) is 9.69 Å². The predicted octanol–water partition coefficient (Wildman–Crippen LogP) is 4.65. The number of amides is 1. The van der Waals surface area contributed by atoms with Crippen LogP contribution in [0, 0.1) is 12.8 Å². The van der Waals surface area contributed by atoms with Crippen LogP contribution < -0.4 is 9.47 Å². The first-order valence-electron chi connectivity index (χ1n) is 13.1. The van der Waals surface area contributed by atoms with Crippen LogP contribution in [0.15, 0.2) is 24.3 Å². The molecule has 1 aromatic carbocycles. The lowest BCUT2D eigenvalue weighted by molar-refractivity contribution is -0.130. The smallest absolute Gasteiger partial charge is 0.219 e. The molecule has 1 amide bonds. The fraction of sp³-hybridized carbons (Fsp3) is 0.607. The third-order valence-corrected chi connectivity index (χ3v) is 8.83. The van der Waals surface area contributed by atoms with Crippen LogP contribution >= 0.6 is 11.3 Å². The van der Waals surface area contributed by atoms with Gasteiger partial charge in [-0.05, 0) is 76.0 Å². The summed E-state index contributed by atoms with van der Waals surface area (Å²) in [6.07, 6.45) is 4.52. The third kappa shape index (κ3) is 5.84. The number of piperidine rings is 2. The summed E-state index contributed by atoms with van der Waals surface area (Å²) in [6, 6.07) is 9.39. The predicted molar refractivity (Wildman–Crippen MR) is 141 cm³/mol. The molecule has 35 heavy (non-hydrogen) atoms. The largest absolute Gasteiger partial charge is 0.489 e. The summed E-state index contributed by atoms with van der Waals surface area (Å²) >= 11 is 1.83. The Bertz CT molecular complexity index is 1030. The Morgan fingerprint density at radius 2 is 1.97 bits per heavy atom. The molecule has 0 spiro atoms. The topological polar surface area (TPSA) is 45.3 Å². The van der Waals surface area contributed by atoms with E-state index in [1.54, 1.807) is 6.92 Å². The van der Waals surface area contributed by atoms with Crippen molar-refractivity contribution >= 4 is 17.2 Å². The van der Waals surface area contributed by atoms with Crippen molar-refractivity contribution in [3.05, 3.63) is 34.7 Å². The van der Waals surface area contributed by atoms with Gasteiger partial charge in [0.1, 0.15) is 6.61 Å². The molecule has 0 bridgehead atoms. The molecular weight excluding hydrogens is 458 g/mol. The average Bonchev–Trinajstić information content (AvgIpc) is 3.17. The number of aryl methyl sites for hydroxylation is 1. The SMILES string of the molecule is CC(=O)N1CCC(N2CCOc3c(cc(-c4ccc(C)s4)cc3OCC3CCCN(C)C3)C2)CC1. The van der Waals surface area contributed by atoms with Crippen molar-refractivity contribution in [3.63, 3.8) is 0 Å². The molecule has 1 unspecified atom stereocenters. The van der Waals surface area contributed by atoms with E-state index in [1.165, 1.54) is 40.3 Å². The Labute approximate surface area is 213 Å². The highest BCUT2D eigenvalue weighted by molar-refractivity contribution is 7.15. The monoisotopic (exact) mass is 497 g/mol. The van der Waals surface area contributed by atoms with Gasteiger partial charge in [-0.1, -0.05) is 0 Å². The number of thiophene rings is 1. The summed E-state index contributed by atoms with van der Waals surface area (Å²) in [5.41, 5.74) is 2.44. The number of benzene rings is 1. The maximum Gasteiger partial charge on any atom is 0.219 e. The van der Waals surface area contributed by atoms with Crippen LogP contribution in [0.3, 0.4) is 0 Å². The molecule has 0 N–H and O–H groups in total. The highest BCUT2D eigenvalue weighted by atomic mass is 32.1. The second-order valence-corrected chi connectivity index (χ2v) is 11.8. The second-order valence-electron chi connectivity index (χ2n) is 10.5. The molecule has 1 atom stereocenters. The number of rotatable bonds is 5. The molecule has 2 fully saturated rings. The fourth-order valence-electron chi connectivity index (χ4n) is 5.82. The number of ether oxygens (including phenoxy) is 2. The zero-order valence-electron chi connectivity index (χ0n) is 21.4. The summed E-state index contributed by atoms with van der Waals surface area (Å²) in [4.78, 5) is 21.3. The maximum atomic E-state index is 11.8. The average molecular weight is 498 g/mol. The normalized spacial score (nSPS) is 22.4. The van der Waals surface area contributed by atoms with Crippen LogP contribution in [0.2, 0.25) is 0 Å². The van der Waals surface area contributed by atoms with Crippen molar-refractivity contribution < 1.29 is 14.3 Å². The van der Waals surface area contributed by atoms with Crippen LogP contribution in [0.5, 0.6) is 11.5 Å². The number of hydrogen-bond acceptors (Lipinski definition) is 6. The standard InChI is InChI=1S/C28H39N3O3S/c1-20-6-7-27(35-20)23-15-24-18-31(25-8-11-30(12-9-25)21(2)32)13-14-33-28(24)26(16-23)34-19-22-5-4-10-29(3)17-22/h6-7,15-16,22,25H,4-5,8-14,17-19H2,1-3H3. The Morgan fingerprint density at radius 3 is 2.69 bits per heavy atom. The summed E-state index contributed by atoms with van der Waals surface area (Å²) in [5.74, 6) is 2.57. The van der Waals surface area contributed by atoms with Crippen LogP contribution in [0.25, 0.3) is 10.4 Å². The van der Waals surface area contributed by atoms with Gasteiger partial charge in [-0.15, -0.1) is 11.3 Å². The summed E-state index contributed by atoms with van der Waals surface area (Å²) in [6.45, 7) is 11.0. The summed E-state index contributed by atoms with van der Waals surface area (Å²) < 4.78 is 12.9. The Balaban J connectivity index is 1.38. The number of carbonyl (C=O) groups is 1. The number of fused-ring (bicyclic) bond motifs is 1. The lowest BCUT2D eigenvalue weighted by atomic mass is 9.99. The lowest BCUT2D eigenvalue weighted by Crippen LogP contribution is -2.46. The van der Waals surface area contributed by atoms with Crippen molar-refractivity contribution in [2.24, 2.45) is 5.92 Å². The van der Waals surface area contributed by atoms with Crippen molar-refractivity contribution in [2.75, 3.05) is 53.0 Å². The molecule has 6 nitrogen and oxygen atoms in total. The number of likely N-dealkylation sites (tertiary alicyclic amines) is 2. The van der Waals surface area contributed by atoms with E-state index in [0.29, 0.717) is 18.6 Å². The van der Waals surface area contributed by atoms with Gasteiger partial charge in [-0.2, -0.15) is 0 Å². The van der Waals surface area contributed by atoms with E-state index < -0.39 is 0 Å². The molecule has 190 valence electrons. The molecule has 7 heteroatoms. The number of nitrogens with zero attached hydrogens (tertiary/aromatic N) is 3. The molecule has 1 aromatic heterocycles. The summed E-state index contributed by atoms with van der Waals surface area (Å²) in [7, 11) is 2.20. The van der Waals surface area contributed by atoms with E-state index in [0.717, 1.165) is 63.7 Å². The molecule has 0 radical (unpaired) electrons. The quantitative estimate of drug-likeness (QED) is 0.602. The minimum atomic E-state index is 0.190. The van der Waals surface area contributed by atoms with Gasteiger partial charge in [0.15, 0.2) is 11.5 Å². The van der Waals surface area contributed by atoms with E-state index in [-0.39, 0.29) is 5.91 Å². The molecule has 2 aromatic rings. The van der Waals surface area contributed by atoms with E-state index in [4.69, 9.17) is 9.47 Å². The van der Waals surface area contributed by atoms with Crippen molar-refractivity contribution in [1.82, 2.24) is 14.7 Å². The Morgan fingerprint density at radius 1 is 1.14 bits per heavy atom. The molecular formula is C28H39N3O3S. The zero-order chi connectivity index (χ0) is 24.4. The van der Waals surface area contributed by atoms with E-state index in [9.17, 15) is 4.79 Å². The van der Waals surface area contributed by atoms with Gasteiger partial charge in [0.2, 0.25) is 5.91 Å². The van der Waals surface area contributed by atoms with Crippen LogP contribution in [0.4, 0.5) is 0 Å². The van der Waals surface area contributed by atoms with E-state index in [2.05, 4.69) is 48.0 Å². The van der Waals surface area contributed by atoms with E-state index in [1.807, 2.05) is 16.2 Å². The third-order valence-electron chi connectivity index (χ3n) is 7.78. The molecule has 0 saturated carbocycles. The van der Waals surface area contributed by atoms with Gasteiger partial charge < -0.3 is 19.3 Å². The molecule has 5 rings (SSSR count). The van der Waals surface area contributed by atoms with Gasteiger partial charge in [0.05, 0.1) is 6.61 Å². The highest BCUT2D eigenvalue weighted by Gasteiger charge is 2.29. The minimum absolute atomic E-state index is 0.190. The second kappa shape index (κ2) is 10.9. The molecule has 3 aliphatic heterocycles. The van der Waals surface area contributed by atoms with Gasteiger partial charge >= 0.3 is 0 Å². The van der Waals surface area contributed by atoms with E-state index >= 15 is 0 Å². The van der Waals surface area contributed by atoms with Crippen molar-refractivity contribution in [1.29, 1.82) is 0 Å². The minimum Gasteiger partial charge on any atom is -0.489 e. The molecule has 2 saturated heterocycles. The van der Waals surface area contributed by atoms with Gasteiger partial charge in [0, 0.05) is 66.9 Å². The first-order chi connectivity index (χ1) is 17.0. The van der Waals surface area contributed by atoms with Crippen LogP contribution in [0.1, 0.15) is 43.0 Å². The van der Waals surface area contributed by atoms with Crippen LogP contribution in [-0.2, 0) is 11.3 Å². The number of hydrogen-bond donors (Lipinski definition) is 0. The maximum absolute atomic E-state index is 11.8. The highest BCUT2D eigenvalue weighted by Crippen LogP contribution is 2.41. The van der Waals surface area contributed by atoms with Crippen molar-refractivity contribution in [3.8, 4) is 21.9 Å². The first-order valence-corrected chi connectivity index (χ1v) is 14.0. The lowest BCUT2D eigenvalue weighted by Gasteiger charge is -2.37. The fourth-order valence-corrected chi connectivity index (χ4v) is 6.67. The Hall–Kier alpha value is -2.09. The van der Waals surface area contributed by atoms with Gasteiger partial charge in [-0.25, -0.2) is 0 Å². The molecule has 3 aliphatic rings. The number of carbonyl (C=O) groups excluding carboxylic acids is 1. The van der Waals surface area contributed by atoms with Gasteiger partial charge in [0.25, 0.3) is 0 Å². The molecule has 0 aliphatic carbocycles.